The quantitative estimate of drug-likeness (QED) is 0.827. The summed E-state index contributed by atoms with van der Waals surface area (Å²) in [6, 6.07) is 7.54. The second-order valence-corrected chi connectivity index (χ2v) is 6.55. The van der Waals surface area contributed by atoms with Crippen LogP contribution < -0.4 is 4.74 Å². The normalized spacial score (nSPS) is 18.1. The van der Waals surface area contributed by atoms with E-state index in [0.717, 1.165) is 37.2 Å². The highest BCUT2D eigenvalue weighted by Crippen LogP contribution is 2.22. The zero-order valence-electron chi connectivity index (χ0n) is 14.9. The molecule has 1 amide bonds. The van der Waals surface area contributed by atoms with Crippen molar-refractivity contribution in [2.24, 2.45) is 5.92 Å². The van der Waals surface area contributed by atoms with Crippen LogP contribution in [0.1, 0.15) is 18.7 Å². The van der Waals surface area contributed by atoms with Crippen LogP contribution in [0.5, 0.6) is 5.75 Å². The minimum Gasteiger partial charge on any atom is -0.497 e. The van der Waals surface area contributed by atoms with Gasteiger partial charge in [-0.3, -0.25) is 9.69 Å². The van der Waals surface area contributed by atoms with E-state index in [1.165, 1.54) is 0 Å². The third kappa shape index (κ3) is 4.17. The summed E-state index contributed by atoms with van der Waals surface area (Å²) in [5.74, 6) is 2.17. The fraction of sp³-hybridized carbons (Fsp3) is 0.500. The van der Waals surface area contributed by atoms with Gasteiger partial charge in [-0.25, -0.2) is 0 Å². The number of amides is 1. The van der Waals surface area contributed by atoms with Crippen LogP contribution in [0.2, 0.25) is 0 Å². The van der Waals surface area contributed by atoms with E-state index < -0.39 is 0 Å². The molecule has 0 spiro atoms. The molecule has 0 bridgehead atoms. The number of rotatable bonds is 5. The summed E-state index contributed by atoms with van der Waals surface area (Å²) in [5, 5.41) is 4.06. The number of benzene rings is 1. The molecule has 2 heterocycles. The van der Waals surface area contributed by atoms with Gasteiger partial charge in [-0.05, 0) is 43.7 Å². The molecule has 7 heteroatoms. The molecular weight excluding hydrogens is 320 g/mol. The SMILES string of the molecule is COc1ccc(-c2noc(CN3CCCC(C(=O)N(C)C)C3)n2)cc1. The third-order valence-electron chi connectivity index (χ3n) is 4.47. The lowest BCUT2D eigenvalue weighted by Gasteiger charge is -2.32. The average molecular weight is 344 g/mol. The lowest BCUT2D eigenvalue weighted by atomic mass is 9.97. The van der Waals surface area contributed by atoms with Gasteiger partial charge in [-0.1, -0.05) is 5.16 Å². The molecule has 1 atom stereocenters. The standard InChI is InChI=1S/C18H24N4O3/c1-21(2)18(23)14-5-4-10-22(11-14)12-16-19-17(20-25-16)13-6-8-15(24-3)9-7-13/h6-9,14H,4-5,10-12H2,1-3H3. The number of hydrogen-bond acceptors (Lipinski definition) is 6. The Bertz CT molecular complexity index is 711. The fourth-order valence-electron chi connectivity index (χ4n) is 3.13. The van der Waals surface area contributed by atoms with Crippen molar-refractivity contribution in [3.8, 4) is 17.1 Å². The molecule has 1 fully saturated rings. The average Bonchev–Trinajstić information content (AvgIpc) is 3.09. The van der Waals surface area contributed by atoms with E-state index >= 15 is 0 Å². The number of hydrogen-bond donors (Lipinski definition) is 0. The molecule has 7 nitrogen and oxygen atoms in total. The van der Waals surface area contributed by atoms with Crippen LogP contribution in [0.3, 0.4) is 0 Å². The number of methoxy groups -OCH3 is 1. The molecule has 1 aromatic heterocycles. The van der Waals surface area contributed by atoms with Gasteiger partial charge in [0, 0.05) is 26.2 Å². The van der Waals surface area contributed by atoms with Crippen molar-refractivity contribution in [1.82, 2.24) is 19.9 Å². The molecule has 0 aliphatic carbocycles. The minimum absolute atomic E-state index is 0.0488. The molecule has 2 aromatic rings. The van der Waals surface area contributed by atoms with Gasteiger partial charge >= 0.3 is 0 Å². The first-order valence-electron chi connectivity index (χ1n) is 8.47. The predicted molar refractivity (Wildman–Crippen MR) is 93.0 cm³/mol. The monoisotopic (exact) mass is 344 g/mol. The fourth-order valence-corrected chi connectivity index (χ4v) is 3.13. The maximum absolute atomic E-state index is 12.2. The zero-order valence-corrected chi connectivity index (χ0v) is 14.9. The van der Waals surface area contributed by atoms with Gasteiger partial charge in [0.05, 0.1) is 19.6 Å². The van der Waals surface area contributed by atoms with Crippen LogP contribution in [0.25, 0.3) is 11.4 Å². The molecule has 0 radical (unpaired) electrons. The number of piperidine rings is 1. The van der Waals surface area contributed by atoms with Gasteiger partial charge in [-0.15, -0.1) is 0 Å². The highest BCUT2D eigenvalue weighted by atomic mass is 16.5. The van der Waals surface area contributed by atoms with Crippen LogP contribution in [0.15, 0.2) is 28.8 Å². The third-order valence-corrected chi connectivity index (χ3v) is 4.47. The Balaban J connectivity index is 1.63. The molecule has 25 heavy (non-hydrogen) atoms. The smallest absolute Gasteiger partial charge is 0.241 e. The highest BCUT2D eigenvalue weighted by molar-refractivity contribution is 5.78. The molecule has 1 unspecified atom stereocenters. The van der Waals surface area contributed by atoms with E-state index in [2.05, 4.69) is 15.0 Å². The minimum atomic E-state index is 0.0488. The molecule has 3 rings (SSSR count). The molecule has 134 valence electrons. The Labute approximate surface area is 147 Å². The van der Waals surface area contributed by atoms with Crippen LogP contribution in [-0.2, 0) is 11.3 Å². The van der Waals surface area contributed by atoms with Crippen LogP contribution in [0, 0.1) is 5.92 Å². The van der Waals surface area contributed by atoms with E-state index in [9.17, 15) is 4.79 Å². The molecule has 1 aliphatic heterocycles. The number of carbonyl (C=O) groups is 1. The number of aromatic nitrogens is 2. The summed E-state index contributed by atoms with van der Waals surface area (Å²) in [6.45, 7) is 2.25. The van der Waals surface area contributed by atoms with Gasteiger partial charge < -0.3 is 14.2 Å². The zero-order chi connectivity index (χ0) is 17.8. The first-order chi connectivity index (χ1) is 12.1. The molecule has 0 saturated carbocycles. The summed E-state index contributed by atoms with van der Waals surface area (Å²) in [7, 11) is 5.25. The van der Waals surface area contributed by atoms with Gasteiger partial charge in [0.2, 0.25) is 17.6 Å². The van der Waals surface area contributed by atoms with E-state index in [1.54, 1.807) is 26.1 Å². The van der Waals surface area contributed by atoms with Crippen molar-refractivity contribution in [3.63, 3.8) is 0 Å². The maximum Gasteiger partial charge on any atom is 0.241 e. The van der Waals surface area contributed by atoms with E-state index in [0.29, 0.717) is 18.3 Å². The van der Waals surface area contributed by atoms with Gasteiger partial charge in [0.25, 0.3) is 0 Å². The van der Waals surface area contributed by atoms with E-state index in [1.807, 2.05) is 24.3 Å². The molecule has 1 aliphatic rings. The molecular formula is C18H24N4O3. The Kier molecular flexibility index (Phi) is 5.33. The van der Waals surface area contributed by atoms with Crippen molar-refractivity contribution in [1.29, 1.82) is 0 Å². The number of carbonyl (C=O) groups excluding carboxylic acids is 1. The Morgan fingerprint density at radius 3 is 2.80 bits per heavy atom. The van der Waals surface area contributed by atoms with Crippen LogP contribution in [-0.4, -0.2) is 60.1 Å². The number of likely N-dealkylation sites (tertiary alicyclic amines) is 1. The lowest BCUT2D eigenvalue weighted by Crippen LogP contribution is -2.42. The Morgan fingerprint density at radius 2 is 2.12 bits per heavy atom. The van der Waals surface area contributed by atoms with Gasteiger partial charge in [-0.2, -0.15) is 4.98 Å². The van der Waals surface area contributed by atoms with Crippen molar-refractivity contribution < 1.29 is 14.1 Å². The summed E-state index contributed by atoms with van der Waals surface area (Å²) in [4.78, 5) is 20.5. The first-order valence-corrected chi connectivity index (χ1v) is 8.47. The highest BCUT2D eigenvalue weighted by Gasteiger charge is 2.27. The second-order valence-electron chi connectivity index (χ2n) is 6.55. The largest absolute Gasteiger partial charge is 0.497 e. The Morgan fingerprint density at radius 1 is 1.36 bits per heavy atom. The van der Waals surface area contributed by atoms with Crippen molar-refractivity contribution in [2.75, 3.05) is 34.3 Å². The maximum atomic E-state index is 12.2. The van der Waals surface area contributed by atoms with E-state index in [-0.39, 0.29) is 11.8 Å². The number of nitrogens with zero attached hydrogens (tertiary/aromatic N) is 4. The van der Waals surface area contributed by atoms with Crippen molar-refractivity contribution in [2.45, 2.75) is 19.4 Å². The summed E-state index contributed by atoms with van der Waals surface area (Å²) in [5.41, 5.74) is 0.884. The number of ether oxygens (including phenoxy) is 1. The van der Waals surface area contributed by atoms with Crippen LogP contribution >= 0.6 is 0 Å². The summed E-state index contributed by atoms with van der Waals surface area (Å²) in [6.07, 6.45) is 1.94. The van der Waals surface area contributed by atoms with Crippen LogP contribution in [0.4, 0.5) is 0 Å². The van der Waals surface area contributed by atoms with Crippen molar-refractivity contribution in [3.05, 3.63) is 30.2 Å². The second kappa shape index (κ2) is 7.65. The van der Waals surface area contributed by atoms with E-state index in [4.69, 9.17) is 9.26 Å². The molecule has 0 N–H and O–H groups in total. The molecule has 1 saturated heterocycles. The molecule has 1 aromatic carbocycles. The summed E-state index contributed by atoms with van der Waals surface area (Å²) < 4.78 is 10.5. The summed E-state index contributed by atoms with van der Waals surface area (Å²) >= 11 is 0. The van der Waals surface area contributed by atoms with Crippen molar-refractivity contribution >= 4 is 5.91 Å². The first kappa shape index (κ1) is 17.4. The topological polar surface area (TPSA) is 71.7 Å². The van der Waals surface area contributed by atoms with Gasteiger partial charge in [0.15, 0.2) is 0 Å². The predicted octanol–water partition coefficient (Wildman–Crippen LogP) is 2.05. The van der Waals surface area contributed by atoms with Gasteiger partial charge in [0.1, 0.15) is 5.75 Å². The lowest BCUT2D eigenvalue weighted by molar-refractivity contribution is -0.134. The Hall–Kier alpha value is -2.41.